The first-order valence-corrected chi connectivity index (χ1v) is 10.4. The second kappa shape index (κ2) is 7.47. The van der Waals surface area contributed by atoms with E-state index in [0.29, 0.717) is 17.5 Å². The van der Waals surface area contributed by atoms with E-state index in [1.54, 1.807) is 4.90 Å². The molecule has 1 aromatic carbocycles. The normalized spacial score (nSPS) is 16.7. The number of alkyl halides is 3. The molecule has 0 unspecified atom stereocenters. The fourth-order valence-corrected chi connectivity index (χ4v) is 4.82. The van der Waals surface area contributed by atoms with Crippen LogP contribution >= 0.6 is 0 Å². The van der Waals surface area contributed by atoms with Gasteiger partial charge in [0, 0.05) is 26.2 Å². The minimum absolute atomic E-state index is 0.0324. The molecule has 1 aliphatic heterocycles. The fraction of sp³-hybridized carbons (Fsp3) is 0.353. The summed E-state index contributed by atoms with van der Waals surface area (Å²) in [5, 5.41) is 10.6. The lowest BCUT2D eigenvalue weighted by molar-refractivity contribution is -0.146. The first-order chi connectivity index (χ1) is 14.2. The predicted octanol–water partition coefficient (Wildman–Crippen LogP) is 2.18. The Morgan fingerprint density at radius 3 is 2.43 bits per heavy atom. The van der Waals surface area contributed by atoms with Crippen LogP contribution in [0.15, 0.2) is 41.3 Å². The lowest BCUT2D eigenvalue weighted by Gasteiger charge is -2.22. The second-order valence-corrected chi connectivity index (χ2v) is 8.56. The van der Waals surface area contributed by atoms with Gasteiger partial charge in [-0.05, 0) is 30.7 Å². The molecule has 0 amide bonds. The summed E-state index contributed by atoms with van der Waals surface area (Å²) in [5.41, 5.74) is -0.0512. The molecule has 3 heterocycles. The van der Waals surface area contributed by atoms with Gasteiger partial charge in [0.15, 0.2) is 5.65 Å². The van der Waals surface area contributed by atoms with Crippen LogP contribution in [0.2, 0.25) is 0 Å². The molecule has 160 valence electrons. The summed E-state index contributed by atoms with van der Waals surface area (Å²) < 4.78 is 80.7. The van der Waals surface area contributed by atoms with E-state index < -0.39 is 32.7 Å². The first kappa shape index (κ1) is 20.5. The second-order valence-electron chi connectivity index (χ2n) is 6.66. The van der Waals surface area contributed by atoms with Gasteiger partial charge >= 0.3 is 6.18 Å². The Hall–Kier alpha value is -2.80. The van der Waals surface area contributed by atoms with Crippen molar-refractivity contribution in [1.29, 1.82) is 0 Å². The predicted molar refractivity (Wildman–Crippen MR) is 97.8 cm³/mol. The van der Waals surface area contributed by atoms with E-state index in [0.717, 1.165) is 6.07 Å². The standard InChI is InChI=1S/C17H16F4N6O2S/c18-12-4-1-2-5-13(12)30(28,29)26-9-3-8-25(10-11-26)15-7-6-14-22-23-16(17(19,20)21)27(14)24-15/h1-2,4-7H,3,8-11H2. The number of hydrogen-bond acceptors (Lipinski definition) is 6. The number of hydrogen-bond donors (Lipinski definition) is 0. The molecule has 1 aliphatic rings. The number of rotatable bonds is 3. The summed E-state index contributed by atoms with van der Waals surface area (Å²) >= 11 is 0. The van der Waals surface area contributed by atoms with Gasteiger partial charge in [-0.2, -0.15) is 22.0 Å². The summed E-state index contributed by atoms with van der Waals surface area (Å²) in [6.07, 6.45) is -4.32. The molecular formula is C17H16F4N6O2S. The van der Waals surface area contributed by atoms with Crippen molar-refractivity contribution in [1.82, 2.24) is 24.1 Å². The van der Waals surface area contributed by atoms with Crippen LogP contribution in [-0.2, 0) is 16.2 Å². The van der Waals surface area contributed by atoms with Gasteiger partial charge in [-0.1, -0.05) is 12.1 Å². The quantitative estimate of drug-likeness (QED) is 0.576. The van der Waals surface area contributed by atoms with E-state index in [2.05, 4.69) is 15.3 Å². The zero-order chi connectivity index (χ0) is 21.5. The lowest BCUT2D eigenvalue weighted by Crippen LogP contribution is -2.36. The Labute approximate surface area is 168 Å². The third-order valence-electron chi connectivity index (χ3n) is 4.74. The minimum atomic E-state index is -4.71. The molecule has 0 radical (unpaired) electrons. The highest BCUT2D eigenvalue weighted by atomic mass is 32.2. The molecule has 30 heavy (non-hydrogen) atoms. The zero-order valence-corrected chi connectivity index (χ0v) is 16.2. The van der Waals surface area contributed by atoms with Crippen molar-refractivity contribution >= 4 is 21.5 Å². The number of halogens is 4. The monoisotopic (exact) mass is 444 g/mol. The largest absolute Gasteiger partial charge is 0.453 e. The van der Waals surface area contributed by atoms with Crippen molar-refractivity contribution in [3.05, 3.63) is 48.0 Å². The van der Waals surface area contributed by atoms with Gasteiger partial charge in [-0.3, -0.25) is 0 Å². The molecule has 13 heteroatoms. The SMILES string of the molecule is O=S(=O)(c1ccccc1F)N1CCCN(c2ccc3nnc(C(F)(F)F)n3n2)CC1. The molecule has 0 bridgehead atoms. The molecule has 0 saturated carbocycles. The molecule has 8 nitrogen and oxygen atoms in total. The first-order valence-electron chi connectivity index (χ1n) is 8.97. The van der Waals surface area contributed by atoms with E-state index in [4.69, 9.17) is 0 Å². The van der Waals surface area contributed by atoms with Crippen molar-refractivity contribution in [2.24, 2.45) is 0 Å². The van der Waals surface area contributed by atoms with E-state index in [1.165, 1.54) is 34.6 Å². The van der Waals surface area contributed by atoms with E-state index in [1.807, 2.05) is 0 Å². The number of anilines is 1. The smallest absolute Gasteiger partial charge is 0.354 e. The Morgan fingerprint density at radius 1 is 0.933 bits per heavy atom. The fourth-order valence-electron chi connectivity index (χ4n) is 3.28. The molecule has 0 N–H and O–H groups in total. The number of benzene rings is 1. The van der Waals surface area contributed by atoms with E-state index >= 15 is 0 Å². The molecule has 1 fully saturated rings. The van der Waals surface area contributed by atoms with Crippen LogP contribution in [0.5, 0.6) is 0 Å². The minimum Gasteiger partial charge on any atom is -0.354 e. The van der Waals surface area contributed by atoms with Crippen molar-refractivity contribution in [3.8, 4) is 0 Å². The topological polar surface area (TPSA) is 83.7 Å². The molecule has 2 aromatic heterocycles. The summed E-state index contributed by atoms with van der Waals surface area (Å²) in [6.45, 7) is 0.724. The molecule has 1 saturated heterocycles. The van der Waals surface area contributed by atoms with Crippen LogP contribution in [-0.4, -0.2) is 58.7 Å². The maximum atomic E-state index is 14.0. The number of sulfonamides is 1. The third-order valence-corrected chi connectivity index (χ3v) is 6.67. The Morgan fingerprint density at radius 2 is 1.70 bits per heavy atom. The molecule has 0 atom stereocenters. The third kappa shape index (κ3) is 3.69. The molecule has 4 rings (SSSR count). The number of nitrogens with zero attached hydrogens (tertiary/aromatic N) is 6. The van der Waals surface area contributed by atoms with Crippen molar-refractivity contribution in [2.75, 3.05) is 31.1 Å². The van der Waals surface area contributed by atoms with Gasteiger partial charge in [0.1, 0.15) is 16.5 Å². The zero-order valence-electron chi connectivity index (χ0n) is 15.4. The highest BCUT2D eigenvalue weighted by Crippen LogP contribution is 2.28. The van der Waals surface area contributed by atoms with Gasteiger partial charge in [0.2, 0.25) is 10.0 Å². The molecule has 3 aromatic rings. The van der Waals surface area contributed by atoms with Crippen LogP contribution in [0.25, 0.3) is 5.65 Å². The Balaban J connectivity index is 1.58. The van der Waals surface area contributed by atoms with Crippen molar-refractivity contribution in [3.63, 3.8) is 0 Å². The van der Waals surface area contributed by atoms with Crippen LogP contribution in [0, 0.1) is 5.82 Å². The molecule has 0 spiro atoms. The van der Waals surface area contributed by atoms with Gasteiger partial charge in [0.25, 0.3) is 5.82 Å². The number of fused-ring (bicyclic) bond motifs is 1. The average molecular weight is 444 g/mol. The summed E-state index contributed by atoms with van der Waals surface area (Å²) in [6, 6.07) is 7.99. The lowest BCUT2D eigenvalue weighted by atomic mass is 10.3. The summed E-state index contributed by atoms with van der Waals surface area (Å²) in [4.78, 5) is 1.27. The number of aromatic nitrogens is 4. The van der Waals surface area contributed by atoms with Crippen LogP contribution in [0.4, 0.5) is 23.4 Å². The van der Waals surface area contributed by atoms with Gasteiger partial charge in [0.05, 0.1) is 0 Å². The van der Waals surface area contributed by atoms with Crippen LogP contribution in [0.1, 0.15) is 12.2 Å². The highest BCUT2D eigenvalue weighted by Gasteiger charge is 2.38. The van der Waals surface area contributed by atoms with Gasteiger partial charge < -0.3 is 4.90 Å². The average Bonchev–Trinajstić information content (AvgIpc) is 2.96. The summed E-state index contributed by atoms with van der Waals surface area (Å²) in [7, 11) is -4.04. The van der Waals surface area contributed by atoms with Crippen LogP contribution in [0.3, 0.4) is 0 Å². The summed E-state index contributed by atoms with van der Waals surface area (Å²) in [5.74, 6) is -1.84. The molecular weight excluding hydrogens is 428 g/mol. The maximum Gasteiger partial charge on any atom is 0.453 e. The van der Waals surface area contributed by atoms with Gasteiger partial charge in [-0.25, -0.2) is 12.8 Å². The maximum absolute atomic E-state index is 14.0. The van der Waals surface area contributed by atoms with E-state index in [9.17, 15) is 26.0 Å². The van der Waals surface area contributed by atoms with Crippen LogP contribution < -0.4 is 4.90 Å². The Bertz CT molecular complexity index is 1180. The van der Waals surface area contributed by atoms with Crippen molar-refractivity contribution in [2.45, 2.75) is 17.5 Å². The van der Waals surface area contributed by atoms with Gasteiger partial charge in [-0.15, -0.1) is 15.3 Å². The highest BCUT2D eigenvalue weighted by molar-refractivity contribution is 7.89. The van der Waals surface area contributed by atoms with E-state index in [-0.39, 0.29) is 31.1 Å². The Kier molecular flexibility index (Phi) is 5.10. The van der Waals surface area contributed by atoms with Crippen molar-refractivity contribution < 1.29 is 26.0 Å². The molecule has 0 aliphatic carbocycles.